The van der Waals surface area contributed by atoms with Crippen molar-refractivity contribution >= 4 is 11.9 Å². The van der Waals surface area contributed by atoms with Crippen molar-refractivity contribution in [1.29, 1.82) is 0 Å². The molecular formula is C52H101NO5. The molecule has 0 rings (SSSR count). The summed E-state index contributed by atoms with van der Waals surface area (Å²) in [6.07, 6.45) is 54.6. The molecule has 0 fully saturated rings. The van der Waals surface area contributed by atoms with Gasteiger partial charge in [0.2, 0.25) is 5.91 Å². The Labute approximate surface area is 361 Å². The van der Waals surface area contributed by atoms with E-state index in [2.05, 4.69) is 31.3 Å². The number of aliphatic hydroxyl groups excluding tert-OH is 2. The minimum atomic E-state index is -0.679. The van der Waals surface area contributed by atoms with Crippen LogP contribution in [-0.4, -0.2) is 47.4 Å². The number of ether oxygens (including phenoxy) is 1. The highest BCUT2D eigenvalue weighted by Crippen LogP contribution is 2.16. The second-order valence-electron chi connectivity index (χ2n) is 17.9. The summed E-state index contributed by atoms with van der Waals surface area (Å²) < 4.78 is 5.46. The molecule has 0 aromatic rings. The average Bonchev–Trinajstić information content (AvgIpc) is 3.22. The van der Waals surface area contributed by atoms with Gasteiger partial charge in [-0.3, -0.25) is 9.59 Å². The zero-order valence-electron chi connectivity index (χ0n) is 39.0. The molecule has 0 aromatic carbocycles. The normalized spacial score (nSPS) is 12.7. The van der Waals surface area contributed by atoms with Crippen molar-refractivity contribution in [2.24, 2.45) is 0 Å². The Morgan fingerprint density at radius 3 is 1.24 bits per heavy atom. The molecule has 0 spiro atoms. The van der Waals surface area contributed by atoms with Crippen molar-refractivity contribution in [3.63, 3.8) is 0 Å². The Kier molecular flexibility index (Phi) is 47.1. The van der Waals surface area contributed by atoms with Crippen molar-refractivity contribution in [2.45, 2.75) is 296 Å². The number of amides is 1. The monoisotopic (exact) mass is 820 g/mol. The minimum Gasteiger partial charge on any atom is -0.466 e. The number of aliphatic hydroxyl groups is 2. The number of esters is 1. The molecule has 58 heavy (non-hydrogen) atoms. The van der Waals surface area contributed by atoms with Crippen LogP contribution in [0.15, 0.2) is 12.2 Å². The SMILES string of the molecule is CCCCCCCCCCCCCCCCC(=O)OCCCCCCCC/C=C\CCCCCC(=O)NC(CO)C(O)CCCCCCCCCCCCCCCC. The highest BCUT2D eigenvalue weighted by Gasteiger charge is 2.20. The van der Waals surface area contributed by atoms with Crippen LogP contribution in [0.2, 0.25) is 0 Å². The van der Waals surface area contributed by atoms with Crippen molar-refractivity contribution in [3.8, 4) is 0 Å². The third kappa shape index (κ3) is 44.2. The second kappa shape index (κ2) is 48.3. The zero-order chi connectivity index (χ0) is 42.3. The molecule has 0 bridgehead atoms. The van der Waals surface area contributed by atoms with Gasteiger partial charge in [-0.1, -0.05) is 231 Å². The summed E-state index contributed by atoms with van der Waals surface area (Å²) in [5.74, 6) is -0.0740. The molecule has 2 atom stereocenters. The van der Waals surface area contributed by atoms with Gasteiger partial charge in [0.05, 0.1) is 25.4 Å². The fourth-order valence-corrected chi connectivity index (χ4v) is 8.05. The molecule has 6 nitrogen and oxygen atoms in total. The zero-order valence-corrected chi connectivity index (χ0v) is 39.0. The van der Waals surface area contributed by atoms with Crippen LogP contribution in [-0.2, 0) is 14.3 Å². The summed E-state index contributed by atoms with van der Waals surface area (Å²) in [4.78, 5) is 24.4. The Morgan fingerprint density at radius 2 is 0.810 bits per heavy atom. The van der Waals surface area contributed by atoms with Crippen LogP contribution in [0.1, 0.15) is 284 Å². The number of carbonyl (C=O) groups is 2. The fraction of sp³-hybridized carbons (Fsp3) is 0.923. The standard InChI is InChI=1S/C52H101NO5/c1-3-5-7-9-11-13-15-17-20-24-28-32-36-40-44-50(55)49(48-54)53-51(56)45-41-37-33-29-25-21-19-23-27-31-35-39-43-47-58-52(57)46-42-38-34-30-26-22-18-16-14-12-10-8-6-4-2/h21,25,49-50,54-55H,3-20,22-24,26-48H2,1-2H3,(H,53,56)/b25-21-. The number of hydrogen-bond acceptors (Lipinski definition) is 5. The molecule has 0 aliphatic heterocycles. The van der Waals surface area contributed by atoms with Gasteiger partial charge in [-0.15, -0.1) is 0 Å². The molecule has 3 N–H and O–H groups in total. The topological polar surface area (TPSA) is 95.9 Å². The summed E-state index contributed by atoms with van der Waals surface area (Å²) in [5.41, 5.74) is 0. The van der Waals surface area contributed by atoms with Gasteiger partial charge < -0.3 is 20.3 Å². The van der Waals surface area contributed by atoms with Crippen LogP contribution in [0.4, 0.5) is 0 Å². The smallest absolute Gasteiger partial charge is 0.305 e. The van der Waals surface area contributed by atoms with E-state index < -0.39 is 12.1 Å². The minimum absolute atomic E-state index is 0.0101. The number of carbonyl (C=O) groups excluding carboxylic acids is 2. The second-order valence-corrected chi connectivity index (χ2v) is 17.9. The Morgan fingerprint density at radius 1 is 0.466 bits per heavy atom. The summed E-state index contributed by atoms with van der Waals surface area (Å²) in [7, 11) is 0. The van der Waals surface area contributed by atoms with E-state index in [1.54, 1.807) is 0 Å². The Hall–Kier alpha value is -1.40. The first-order valence-electron chi connectivity index (χ1n) is 25.9. The first-order valence-corrected chi connectivity index (χ1v) is 25.9. The van der Waals surface area contributed by atoms with Crippen LogP contribution < -0.4 is 5.32 Å². The van der Waals surface area contributed by atoms with Gasteiger partial charge in [-0.2, -0.15) is 0 Å². The third-order valence-electron chi connectivity index (χ3n) is 12.1. The molecule has 0 heterocycles. The fourth-order valence-electron chi connectivity index (χ4n) is 8.05. The number of allylic oxidation sites excluding steroid dienone is 2. The number of rotatable bonds is 48. The first-order chi connectivity index (χ1) is 28.5. The summed E-state index contributed by atoms with van der Waals surface area (Å²) in [6.45, 7) is 4.92. The van der Waals surface area contributed by atoms with Gasteiger partial charge in [-0.05, 0) is 51.4 Å². The van der Waals surface area contributed by atoms with E-state index in [9.17, 15) is 19.8 Å². The molecule has 344 valence electrons. The van der Waals surface area contributed by atoms with Crippen LogP contribution in [0.25, 0.3) is 0 Å². The van der Waals surface area contributed by atoms with Crippen LogP contribution in [0.3, 0.4) is 0 Å². The number of unbranched alkanes of at least 4 members (excludes halogenated alkanes) is 35. The maximum Gasteiger partial charge on any atom is 0.305 e. The molecule has 6 heteroatoms. The molecule has 2 unspecified atom stereocenters. The maximum absolute atomic E-state index is 12.4. The third-order valence-corrected chi connectivity index (χ3v) is 12.1. The number of nitrogens with one attached hydrogen (secondary N) is 1. The van der Waals surface area contributed by atoms with Gasteiger partial charge in [0.1, 0.15) is 0 Å². The quantitative estimate of drug-likeness (QED) is 0.0323. The summed E-state index contributed by atoms with van der Waals surface area (Å²) in [5, 5.41) is 23.2. The first kappa shape index (κ1) is 56.6. The Bertz CT molecular complexity index is 863. The molecule has 0 aliphatic carbocycles. The lowest BCUT2D eigenvalue weighted by Gasteiger charge is -2.22. The van der Waals surface area contributed by atoms with Gasteiger partial charge >= 0.3 is 5.97 Å². The molecule has 0 aromatic heterocycles. The van der Waals surface area contributed by atoms with Crippen molar-refractivity contribution in [1.82, 2.24) is 5.32 Å². The van der Waals surface area contributed by atoms with E-state index in [0.717, 1.165) is 70.6 Å². The van der Waals surface area contributed by atoms with Crippen molar-refractivity contribution < 1.29 is 24.5 Å². The predicted molar refractivity (Wildman–Crippen MR) is 250 cm³/mol. The predicted octanol–water partition coefficient (Wildman–Crippen LogP) is 15.3. The van der Waals surface area contributed by atoms with Gasteiger partial charge in [-0.25, -0.2) is 0 Å². The van der Waals surface area contributed by atoms with Gasteiger partial charge in [0.15, 0.2) is 0 Å². The van der Waals surface area contributed by atoms with Gasteiger partial charge in [0, 0.05) is 12.8 Å². The molecule has 0 saturated heterocycles. The molecule has 0 aliphatic rings. The highest BCUT2D eigenvalue weighted by molar-refractivity contribution is 5.76. The van der Waals surface area contributed by atoms with E-state index >= 15 is 0 Å². The maximum atomic E-state index is 12.4. The lowest BCUT2D eigenvalue weighted by molar-refractivity contribution is -0.143. The van der Waals surface area contributed by atoms with E-state index in [1.807, 2.05) is 0 Å². The summed E-state index contributed by atoms with van der Waals surface area (Å²) in [6, 6.07) is -0.560. The molecule has 0 radical (unpaired) electrons. The molecule has 1 amide bonds. The largest absolute Gasteiger partial charge is 0.466 e. The highest BCUT2D eigenvalue weighted by atomic mass is 16.5. The van der Waals surface area contributed by atoms with E-state index in [-0.39, 0.29) is 18.5 Å². The summed E-state index contributed by atoms with van der Waals surface area (Å²) >= 11 is 0. The van der Waals surface area contributed by atoms with Crippen LogP contribution in [0, 0.1) is 0 Å². The number of hydrogen-bond donors (Lipinski definition) is 3. The van der Waals surface area contributed by atoms with E-state index in [0.29, 0.717) is 25.9 Å². The van der Waals surface area contributed by atoms with E-state index in [4.69, 9.17) is 4.74 Å². The van der Waals surface area contributed by atoms with Crippen LogP contribution >= 0.6 is 0 Å². The van der Waals surface area contributed by atoms with Gasteiger partial charge in [0.25, 0.3) is 0 Å². The van der Waals surface area contributed by atoms with Crippen molar-refractivity contribution in [3.05, 3.63) is 12.2 Å². The Balaban J connectivity index is 3.48. The lowest BCUT2D eigenvalue weighted by Crippen LogP contribution is -2.45. The van der Waals surface area contributed by atoms with Crippen molar-refractivity contribution in [2.75, 3.05) is 13.2 Å². The van der Waals surface area contributed by atoms with E-state index in [1.165, 1.54) is 180 Å². The molecular weight excluding hydrogens is 719 g/mol. The van der Waals surface area contributed by atoms with Crippen LogP contribution in [0.5, 0.6) is 0 Å². The average molecular weight is 820 g/mol. The lowest BCUT2D eigenvalue weighted by atomic mass is 10.0. The molecule has 0 saturated carbocycles.